The van der Waals surface area contributed by atoms with E-state index in [0.29, 0.717) is 32.8 Å². The van der Waals surface area contributed by atoms with Gasteiger partial charge in [-0.15, -0.1) is 0 Å². The number of nitrogens with zero attached hydrogens (tertiary/aromatic N) is 1. The van der Waals surface area contributed by atoms with E-state index in [4.69, 9.17) is 27.6 Å². The Kier molecular flexibility index (Phi) is 7.64. The molecule has 3 N–H and O–H groups in total. The molecular weight excluding hydrogens is 455 g/mol. The van der Waals surface area contributed by atoms with E-state index >= 15 is 0 Å². The van der Waals surface area contributed by atoms with Crippen LogP contribution in [0.5, 0.6) is 0 Å². The molecule has 10 heteroatoms. The van der Waals surface area contributed by atoms with E-state index in [2.05, 4.69) is 21.2 Å². The molecular formula is C22H18Cl2N4O4. The largest absolute Gasteiger partial charge is 0.458 e. The minimum absolute atomic E-state index is 0.0217. The van der Waals surface area contributed by atoms with Crippen molar-refractivity contribution in [1.29, 1.82) is 0 Å². The van der Waals surface area contributed by atoms with Crippen LogP contribution in [0.1, 0.15) is 27.4 Å². The molecule has 0 saturated carbocycles. The molecule has 0 spiro atoms. The van der Waals surface area contributed by atoms with Crippen molar-refractivity contribution >= 4 is 52.8 Å². The van der Waals surface area contributed by atoms with Gasteiger partial charge in [0.1, 0.15) is 11.5 Å². The summed E-state index contributed by atoms with van der Waals surface area (Å²) in [6, 6.07) is 14.7. The number of benzene rings is 2. The van der Waals surface area contributed by atoms with Crippen LogP contribution < -0.4 is 16.1 Å². The Morgan fingerprint density at radius 3 is 2.34 bits per heavy atom. The number of hydrazone groups is 1. The molecule has 8 nitrogen and oxygen atoms in total. The predicted octanol–water partition coefficient (Wildman–Crippen LogP) is 3.91. The lowest BCUT2D eigenvalue weighted by molar-refractivity contribution is -0.136. The second-order valence-electron chi connectivity index (χ2n) is 6.66. The SMILES string of the molecule is Cc1ccc(C(=O)N/N=C\c2ccc(CNC(=O)C(=O)Nc3cc(Cl)cc(Cl)c3)o2)cc1. The summed E-state index contributed by atoms with van der Waals surface area (Å²) in [6.07, 6.45) is 1.33. The third kappa shape index (κ3) is 6.69. The molecule has 0 bridgehead atoms. The molecule has 3 amide bonds. The molecule has 0 aliphatic heterocycles. The lowest BCUT2D eigenvalue weighted by Crippen LogP contribution is -2.34. The first kappa shape index (κ1) is 23.1. The van der Waals surface area contributed by atoms with Gasteiger partial charge >= 0.3 is 11.8 Å². The van der Waals surface area contributed by atoms with Crippen LogP contribution in [0, 0.1) is 6.92 Å². The number of carbonyl (C=O) groups excluding carboxylic acids is 3. The van der Waals surface area contributed by atoms with Crippen molar-refractivity contribution in [2.45, 2.75) is 13.5 Å². The third-order valence-corrected chi connectivity index (χ3v) is 4.54. The van der Waals surface area contributed by atoms with Crippen LogP contribution in [0.15, 0.2) is 64.1 Å². The van der Waals surface area contributed by atoms with Gasteiger partial charge in [-0.2, -0.15) is 5.10 Å². The van der Waals surface area contributed by atoms with E-state index in [-0.39, 0.29) is 12.5 Å². The Balaban J connectivity index is 1.47. The van der Waals surface area contributed by atoms with Crippen molar-refractivity contribution in [3.05, 3.63) is 87.3 Å². The van der Waals surface area contributed by atoms with Crippen LogP contribution in [0.25, 0.3) is 0 Å². The number of hydrogen-bond donors (Lipinski definition) is 3. The highest BCUT2D eigenvalue weighted by atomic mass is 35.5. The number of aryl methyl sites for hydroxylation is 1. The second kappa shape index (κ2) is 10.6. The van der Waals surface area contributed by atoms with E-state index in [1.54, 1.807) is 24.3 Å². The van der Waals surface area contributed by atoms with Gasteiger partial charge in [0.25, 0.3) is 5.91 Å². The fraction of sp³-hybridized carbons (Fsp3) is 0.0909. The fourth-order valence-electron chi connectivity index (χ4n) is 2.54. The quantitative estimate of drug-likeness (QED) is 0.286. The highest BCUT2D eigenvalue weighted by molar-refractivity contribution is 6.40. The van der Waals surface area contributed by atoms with E-state index in [1.165, 1.54) is 24.4 Å². The summed E-state index contributed by atoms with van der Waals surface area (Å²) >= 11 is 11.7. The summed E-state index contributed by atoms with van der Waals surface area (Å²) in [5.74, 6) is -1.35. The number of anilines is 1. The number of furan rings is 1. The van der Waals surface area contributed by atoms with Gasteiger partial charge in [-0.1, -0.05) is 40.9 Å². The third-order valence-electron chi connectivity index (χ3n) is 4.10. The molecule has 164 valence electrons. The van der Waals surface area contributed by atoms with E-state index in [9.17, 15) is 14.4 Å². The molecule has 3 aromatic rings. The maximum absolute atomic E-state index is 12.0. The van der Waals surface area contributed by atoms with Crippen LogP contribution in [0.2, 0.25) is 10.0 Å². The first-order chi connectivity index (χ1) is 15.3. The number of rotatable bonds is 6. The summed E-state index contributed by atoms with van der Waals surface area (Å²) in [4.78, 5) is 36.0. The van der Waals surface area contributed by atoms with Crippen molar-refractivity contribution in [1.82, 2.24) is 10.7 Å². The number of amides is 3. The highest BCUT2D eigenvalue weighted by Gasteiger charge is 2.15. The summed E-state index contributed by atoms with van der Waals surface area (Å²) in [5, 5.41) is 9.35. The molecule has 3 rings (SSSR count). The van der Waals surface area contributed by atoms with Gasteiger partial charge in [0.2, 0.25) is 0 Å². The molecule has 1 heterocycles. The van der Waals surface area contributed by atoms with E-state index in [0.717, 1.165) is 5.56 Å². The maximum Gasteiger partial charge on any atom is 0.313 e. The molecule has 1 aromatic heterocycles. The van der Waals surface area contributed by atoms with Gasteiger partial charge in [0.15, 0.2) is 0 Å². The van der Waals surface area contributed by atoms with Crippen molar-refractivity contribution in [2.75, 3.05) is 5.32 Å². The van der Waals surface area contributed by atoms with E-state index < -0.39 is 11.8 Å². The Morgan fingerprint density at radius 2 is 1.66 bits per heavy atom. The van der Waals surface area contributed by atoms with Crippen LogP contribution >= 0.6 is 23.2 Å². The second-order valence-corrected chi connectivity index (χ2v) is 7.54. The van der Waals surface area contributed by atoms with Gasteiger partial charge in [-0.05, 0) is 49.4 Å². The molecule has 0 saturated heterocycles. The monoisotopic (exact) mass is 472 g/mol. The normalized spacial score (nSPS) is 10.7. The first-order valence-corrected chi connectivity index (χ1v) is 10.1. The fourth-order valence-corrected chi connectivity index (χ4v) is 3.07. The van der Waals surface area contributed by atoms with Gasteiger partial charge < -0.3 is 15.1 Å². The first-order valence-electron chi connectivity index (χ1n) is 9.34. The molecule has 0 fully saturated rings. The summed E-state index contributed by atoms with van der Waals surface area (Å²) in [7, 11) is 0. The standard InChI is InChI=1S/C22H18Cl2N4O4/c1-13-2-4-14(5-3-13)20(29)28-26-12-19-7-6-18(32-19)11-25-21(30)22(31)27-17-9-15(23)8-16(24)10-17/h2-10,12H,11H2,1H3,(H,25,30)(H,27,31)(H,28,29)/b26-12-. The van der Waals surface area contributed by atoms with Crippen molar-refractivity contribution in [3.63, 3.8) is 0 Å². The zero-order valence-electron chi connectivity index (χ0n) is 16.8. The van der Waals surface area contributed by atoms with Crippen LogP contribution in [0.4, 0.5) is 5.69 Å². The Hall–Kier alpha value is -3.62. The molecule has 0 aliphatic carbocycles. The summed E-state index contributed by atoms with van der Waals surface area (Å²) in [5.41, 5.74) is 4.23. The topological polar surface area (TPSA) is 113 Å². The summed E-state index contributed by atoms with van der Waals surface area (Å²) in [6.45, 7) is 1.91. The highest BCUT2D eigenvalue weighted by Crippen LogP contribution is 2.22. The smallest absolute Gasteiger partial charge is 0.313 e. The van der Waals surface area contributed by atoms with Gasteiger partial charge in [-0.25, -0.2) is 5.43 Å². The van der Waals surface area contributed by atoms with Gasteiger partial charge in [-0.3, -0.25) is 14.4 Å². The molecule has 32 heavy (non-hydrogen) atoms. The molecule has 0 aliphatic rings. The molecule has 0 atom stereocenters. The van der Waals surface area contributed by atoms with Crippen molar-refractivity contribution in [2.24, 2.45) is 5.10 Å². The molecule has 0 unspecified atom stereocenters. The number of carbonyl (C=O) groups is 3. The van der Waals surface area contributed by atoms with Gasteiger partial charge in [0.05, 0.1) is 12.8 Å². The van der Waals surface area contributed by atoms with Crippen LogP contribution in [0.3, 0.4) is 0 Å². The van der Waals surface area contributed by atoms with Crippen molar-refractivity contribution in [3.8, 4) is 0 Å². The molecule has 2 aromatic carbocycles. The average molecular weight is 473 g/mol. The van der Waals surface area contributed by atoms with Crippen LogP contribution in [-0.2, 0) is 16.1 Å². The lowest BCUT2D eigenvalue weighted by atomic mass is 10.1. The number of halogens is 2. The zero-order valence-corrected chi connectivity index (χ0v) is 18.3. The Bertz CT molecular complexity index is 1150. The summed E-state index contributed by atoms with van der Waals surface area (Å²) < 4.78 is 5.48. The zero-order chi connectivity index (χ0) is 23.1. The lowest BCUT2D eigenvalue weighted by Gasteiger charge is -2.06. The number of hydrogen-bond acceptors (Lipinski definition) is 5. The van der Waals surface area contributed by atoms with E-state index in [1.807, 2.05) is 19.1 Å². The van der Waals surface area contributed by atoms with Crippen molar-refractivity contribution < 1.29 is 18.8 Å². The number of nitrogens with one attached hydrogen (secondary N) is 3. The Morgan fingerprint density at radius 1 is 0.969 bits per heavy atom. The predicted molar refractivity (Wildman–Crippen MR) is 122 cm³/mol. The minimum Gasteiger partial charge on any atom is -0.458 e. The van der Waals surface area contributed by atoms with Crippen LogP contribution in [-0.4, -0.2) is 23.9 Å². The maximum atomic E-state index is 12.0. The van der Waals surface area contributed by atoms with Gasteiger partial charge in [0, 0.05) is 21.3 Å². The minimum atomic E-state index is -0.879. The average Bonchev–Trinajstić information content (AvgIpc) is 3.19. The Labute approximate surface area is 193 Å². The molecule has 0 radical (unpaired) electrons.